The van der Waals surface area contributed by atoms with Crippen LogP contribution in [0.2, 0.25) is 0 Å². The van der Waals surface area contributed by atoms with Crippen LogP contribution in [-0.4, -0.2) is 37.3 Å². The summed E-state index contributed by atoms with van der Waals surface area (Å²) >= 11 is 0. The number of aromatic hydroxyl groups is 2. The number of phenolic OH excluding ortho intramolecular Hbond substituents is 2. The summed E-state index contributed by atoms with van der Waals surface area (Å²) < 4.78 is 21.4. The van der Waals surface area contributed by atoms with E-state index < -0.39 is 5.78 Å². The molecule has 25 heavy (non-hydrogen) atoms. The molecule has 0 fully saturated rings. The van der Waals surface area contributed by atoms with Crippen LogP contribution in [0.15, 0.2) is 30.0 Å². The van der Waals surface area contributed by atoms with Crippen molar-refractivity contribution >= 4 is 11.9 Å². The van der Waals surface area contributed by atoms with Crippen LogP contribution in [0.25, 0.3) is 6.08 Å². The van der Waals surface area contributed by atoms with E-state index in [1.54, 1.807) is 12.1 Å². The molecule has 0 saturated heterocycles. The van der Waals surface area contributed by atoms with Gasteiger partial charge in [-0.3, -0.25) is 4.79 Å². The van der Waals surface area contributed by atoms with Crippen LogP contribution in [-0.2, 0) is 0 Å². The molecule has 3 rings (SSSR count). The minimum atomic E-state index is -0.496. The topological polar surface area (TPSA) is 94.5 Å². The molecule has 0 spiro atoms. The highest BCUT2D eigenvalue weighted by Gasteiger charge is 2.31. The Morgan fingerprint density at radius 3 is 2.36 bits per heavy atom. The minimum absolute atomic E-state index is 0.00323. The second kappa shape index (κ2) is 6.27. The third kappa shape index (κ3) is 2.69. The molecule has 0 bridgehead atoms. The molecular weight excluding hydrogens is 328 g/mol. The molecule has 2 aromatic carbocycles. The van der Waals surface area contributed by atoms with Crippen molar-refractivity contribution in [3.8, 4) is 34.5 Å². The van der Waals surface area contributed by atoms with Crippen LogP contribution in [0.1, 0.15) is 15.9 Å². The van der Waals surface area contributed by atoms with Gasteiger partial charge in [-0.15, -0.1) is 0 Å². The molecule has 130 valence electrons. The molecule has 0 aromatic heterocycles. The number of hydrogen-bond donors (Lipinski definition) is 2. The normalized spacial score (nSPS) is 14.2. The molecule has 0 radical (unpaired) electrons. The number of hydrogen-bond acceptors (Lipinski definition) is 7. The zero-order valence-corrected chi connectivity index (χ0v) is 13.8. The van der Waals surface area contributed by atoms with Gasteiger partial charge in [0.05, 0.1) is 21.3 Å². The molecule has 1 aliphatic heterocycles. The van der Waals surface area contributed by atoms with Crippen LogP contribution >= 0.6 is 0 Å². The third-order valence-electron chi connectivity index (χ3n) is 3.76. The fraction of sp³-hybridized carbons (Fsp3) is 0.167. The molecule has 7 heteroatoms. The number of ketones is 1. The largest absolute Gasteiger partial charge is 0.508 e. The second-order valence-electron chi connectivity index (χ2n) is 5.20. The average molecular weight is 344 g/mol. The lowest BCUT2D eigenvalue weighted by atomic mass is 10.1. The van der Waals surface area contributed by atoms with Crippen molar-refractivity contribution in [1.82, 2.24) is 0 Å². The predicted molar refractivity (Wildman–Crippen MR) is 88.8 cm³/mol. The van der Waals surface area contributed by atoms with Crippen molar-refractivity contribution in [3.63, 3.8) is 0 Å². The number of carbonyl (C=O) groups excluding carboxylic acids is 1. The number of methoxy groups -OCH3 is 3. The van der Waals surface area contributed by atoms with E-state index >= 15 is 0 Å². The first-order chi connectivity index (χ1) is 12.0. The van der Waals surface area contributed by atoms with Gasteiger partial charge in [-0.05, 0) is 18.2 Å². The molecule has 0 aliphatic carbocycles. The Balaban J connectivity index is 2.08. The standard InChI is InChI=1S/C18H16O7/c1-22-12-5-4-9(17(23-2)18(12)24-3)6-14-16(21)15-11(20)7-10(19)8-13(15)25-14/h4-8,19-20H,1-3H3/b14-6-. The number of benzene rings is 2. The second-order valence-corrected chi connectivity index (χ2v) is 5.20. The highest BCUT2D eigenvalue weighted by atomic mass is 16.5. The van der Waals surface area contributed by atoms with Gasteiger partial charge in [-0.25, -0.2) is 0 Å². The van der Waals surface area contributed by atoms with E-state index in [-0.39, 0.29) is 28.6 Å². The van der Waals surface area contributed by atoms with Crippen molar-refractivity contribution in [2.75, 3.05) is 21.3 Å². The highest BCUT2D eigenvalue weighted by molar-refractivity contribution is 6.16. The monoisotopic (exact) mass is 344 g/mol. The first-order valence-electron chi connectivity index (χ1n) is 7.29. The van der Waals surface area contributed by atoms with Gasteiger partial charge in [0.1, 0.15) is 22.8 Å². The van der Waals surface area contributed by atoms with Gasteiger partial charge in [0.15, 0.2) is 17.3 Å². The summed E-state index contributed by atoms with van der Waals surface area (Å²) in [5.74, 6) is 0.262. The first kappa shape index (κ1) is 16.5. The number of rotatable bonds is 4. The van der Waals surface area contributed by atoms with Crippen LogP contribution < -0.4 is 18.9 Å². The summed E-state index contributed by atoms with van der Waals surface area (Å²) in [5, 5.41) is 19.4. The quantitative estimate of drug-likeness (QED) is 0.824. The number of fused-ring (bicyclic) bond motifs is 1. The molecular formula is C18H16O7. The summed E-state index contributed by atoms with van der Waals surface area (Å²) in [7, 11) is 4.45. The summed E-state index contributed by atoms with van der Waals surface area (Å²) in [6.45, 7) is 0. The summed E-state index contributed by atoms with van der Waals surface area (Å²) in [6, 6.07) is 5.70. The van der Waals surface area contributed by atoms with Crippen molar-refractivity contribution in [2.24, 2.45) is 0 Å². The molecule has 0 unspecified atom stereocenters. The van der Waals surface area contributed by atoms with Gasteiger partial charge in [-0.2, -0.15) is 0 Å². The molecule has 0 saturated carbocycles. The van der Waals surface area contributed by atoms with E-state index in [1.807, 2.05) is 0 Å². The maximum atomic E-state index is 12.5. The summed E-state index contributed by atoms with van der Waals surface area (Å²) in [6.07, 6.45) is 1.47. The number of ether oxygens (including phenoxy) is 4. The van der Waals surface area contributed by atoms with Gasteiger partial charge in [0, 0.05) is 17.7 Å². The zero-order chi connectivity index (χ0) is 18.1. The van der Waals surface area contributed by atoms with E-state index in [4.69, 9.17) is 18.9 Å². The molecule has 0 amide bonds. The van der Waals surface area contributed by atoms with E-state index in [2.05, 4.69) is 0 Å². The Labute approximate surface area is 143 Å². The molecule has 2 aromatic rings. The van der Waals surface area contributed by atoms with E-state index in [0.717, 1.165) is 6.07 Å². The highest BCUT2D eigenvalue weighted by Crippen LogP contribution is 2.43. The fourth-order valence-corrected chi connectivity index (χ4v) is 2.66. The number of phenols is 2. The third-order valence-corrected chi connectivity index (χ3v) is 3.76. The maximum Gasteiger partial charge on any atom is 0.235 e. The Morgan fingerprint density at radius 1 is 1.00 bits per heavy atom. The van der Waals surface area contributed by atoms with Gasteiger partial charge < -0.3 is 29.2 Å². The smallest absolute Gasteiger partial charge is 0.235 e. The molecule has 1 heterocycles. The first-order valence-corrected chi connectivity index (χ1v) is 7.29. The van der Waals surface area contributed by atoms with Gasteiger partial charge in [0.2, 0.25) is 11.5 Å². The predicted octanol–water partition coefficient (Wildman–Crippen LogP) is 2.74. The molecule has 7 nitrogen and oxygen atoms in total. The van der Waals surface area contributed by atoms with Crippen molar-refractivity contribution < 1.29 is 34.0 Å². The van der Waals surface area contributed by atoms with E-state index in [9.17, 15) is 15.0 Å². The Kier molecular flexibility index (Phi) is 4.14. The van der Waals surface area contributed by atoms with Crippen LogP contribution in [0.5, 0.6) is 34.5 Å². The van der Waals surface area contributed by atoms with E-state index in [0.29, 0.717) is 22.8 Å². The Morgan fingerprint density at radius 2 is 1.72 bits per heavy atom. The van der Waals surface area contributed by atoms with Crippen molar-refractivity contribution in [2.45, 2.75) is 0 Å². The van der Waals surface area contributed by atoms with Gasteiger partial charge >= 0.3 is 0 Å². The summed E-state index contributed by atoms with van der Waals surface area (Å²) in [5.41, 5.74) is 0.531. The number of allylic oxidation sites excluding steroid dienone is 1. The SMILES string of the molecule is COc1ccc(/C=C2\Oc3cc(O)cc(O)c3C2=O)c(OC)c1OC. The number of Topliss-reactive ketones (excluding diaryl/α,β-unsaturated/α-hetero) is 1. The minimum Gasteiger partial charge on any atom is -0.508 e. The maximum absolute atomic E-state index is 12.5. The van der Waals surface area contributed by atoms with Gasteiger partial charge in [0.25, 0.3) is 0 Å². The van der Waals surface area contributed by atoms with Crippen molar-refractivity contribution in [1.29, 1.82) is 0 Å². The van der Waals surface area contributed by atoms with Gasteiger partial charge in [-0.1, -0.05) is 0 Å². The number of carbonyl (C=O) groups is 1. The van der Waals surface area contributed by atoms with Crippen LogP contribution in [0.3, 0.4) is 0 Å². The lowest BCUT2D eigenvalue weighted by molar-refractivity contribution is 0.101. The van der Waals surface area contributed by atoms with Crippen LogP contribution in [0.4, 0.5) is 0 Å². The van der Waals surface area contributed by atoms with Crippen LogP contribution in [0, 0.1) is 0 Å². The zero-order valence-electron chi connectivity index (χ0n) is 13.8. The fourth-order valence-electron chi connectivity index (χ4n) is 2.66. The molecule has 0 atom stereocenters. The lowest BCUT2D eigenvalue weighted by Gasteiger charge is -2.14. The lowest BCUT2D eigenvalue weighted by Crippen LogP contribution is -2.00. The average Bonchev–Trinajstić information content (AvgIpc) is 2.89. The van der Waals surface area contributed by atoms with E-state index in [1.165, 1.54) is 33.5 Å². The molecule has 1 aliphatic rings. The van der Waals surface area contributed by atoms with Crippen molar-refractivity contribution in [3.05, 3.63) is 41.2 Å². The Bertz CT molecular complexity index is 883. The molecule has 2 N–H and O–H groups in total. The Hall–Kier alpha value is -3.35. The summed E-state index contributed by atoms with van der Waals surface area (Å²) in [4.78, 5) is 12.5.